The molecule has 29 heavy (non-hydrogen) atoms. The van der Waals surface area contributed by atoms with E-state index in [9.17, 15) is 14.7 Å². The molecule has 0 spiro atoms. The number of likely N-dealkylation sites (tertiary alicyclic amines) is 1. The topological polar surface area (TPSA) is 76.1 Å². The van der Waals surface area contributed by atoms with E-state index in [-0.39, 0.29) is 17.4 Å². The van der Waals surface area contributed by atoms with E-state index >= 15 is 0 Å². The number of carbonyl (C=O) groups excluding carboxylic acids is 2. The number of amides is 1. The van der Waals surface area contributed by atoms with Crippen LogP contribution in [0.1, 0.15) is 35.4 Å². The van der Waals surface area contributed by atoms with Crippen molar-refractivity contribution in [2.45, 2.75) is 31.9 Å². The lowest BCUT2D eigenvalue weighted by Crippen LogP contribution is -2.31. The van der Waals surface area contributed by atoms with Crippen LogP contribution in [0.5, 0.6) is 5.75 Å². The minimum atomic E-state index is -0.650. The van der Waals surface area contributed by atoms with Crippen molar-refractivity contribution in [3.63, 3.8) is 0 Å². The second kappa shape index (κ2) is 8.00. The highest BCUT2D eigenvalue weighted by molar-refractivity contribution is 7.10. The Bertz CT molecular complexity index is 966. The van der Waals surface area contributed by atoms with Crippen LogP contribution in [0.2, 0.25) is 0 Å². The van der Waals surface area contributed by atoms with E-state index in [4.69, 9.17) is 9.47 Å². The van der Waals surface area contributed by atoms with Crippen molar-refractivity contribution >= 4 is 28.8 Å². The summed E-state index contributed by atoms with van der Waals surface area (Å²) in [5.74, 6) is -0.579. The van der Waals surface area contributed by atoms with Gasteiger partial charge in [0.05, 0.1) is 11.6 Å². The van der Waals surface area contributed by atoms with Crippen molar-refractivity contribution in [2.24, 2.45) is 0 Å². The highest BCUT2D eigenvalue weighted by atomic mass is 32.1. The molecule has 0 aliphatic carbocycles. The summed E-state index contributed by atoms with van der Waals surface area (Å²) in [4.78, 5) is 28.0. The van der Waals surface area contributed by atoms with Gasteiger partial charge in [0.2, 0.25) is 0 Å². The van der Waals surface area contributed by atoms with E-state index in [0.717, 1.165) is 22.6 Å². The van der Waals surface area contributed by atoms with Crippen LogP contribution in [0.25, 0.3) is 5.76 Å². The van der Waals surface area contributed by atoms with Gasteiger partial charge in [0.15, 0.2) is 0 Å². The number of aliphatic hydroxyl groups excluding tert-OH is 1. The lowest BCUT2D eigenvalue weighted by atomic mass is 9.98. The van der Waals surface area contributed by atoms with Gasteiger partial charge in [0.25, 0.3) is 11.7 Å². The summed E-state index contributed by atoms with van der Waals surface area (Å²) in [6, 6.07) is 8.56. The monoisotopic (exact) mass is 413 g/mol. The number of ether oxygens (including phenoxy) is 2. The van der Waals surface area contributed by atoms with Crippen LogP contribution in [0.15, 0.2) is 41.3 Å². The molecule has 0 radical (unpaired) electrons. The van der Waals surface area contributed by atoms with Crippen LogP contribution < -0.4 is 4.74 Å². The van der Waals surface area contributed by atoms with Crippen molar-refractivity contribution in [2.75, 3.05) is 20.3 Å². The SMILES string of the molecule is COCCCN1C(=O)C(=O)C(=C(O)c2ccc3c(c2)C[C@H](C)O3)[C@@H]1c1cccs1. The Morgan fingerprint density at radius 3 is 2.90 bits per heavy atom. The first-order chi connectivity index (χ1) is 14.0. The lowest BCUT2D eigenvalue weighted by molar-refractivity contribution is -0.140. The number of ketones is 1. The molecule has 6 nitrogen and oxygen atoms in total. The maximum atomic E-state index is 12.9. The molecule has 0 unspecified atom stereocenters. The number of fused-ring (bicyclic) bond motifs is 1. The summed E-state index contributed by atoms with van der Waals surface area (Å²) in [5, 5.41) is 13.0. The number of thiophene rings is 1. The Labute approximate surface area is 173 Å². The number of methoxy groups -OCH3 is 1. The summed E-state index contributed by atoms with van der Waals surface area (Å²) in [6.07, 6.45) is 1.44. The fourth-order valence-electron chi connectivity index (χ4n) is 3.96. The first-order valence-electron chi connectivity index (χ1n) is 9.62. The highest BCUT2D eigenvalue weighted by Gasteiger charge is 2.46. The Kier molecular flexibility index (Phi) is 5.43. The number of rotatable bonds is 6. The summed E-state index contributed by atoms with van der Waals surface area (Å²) in [5.41, 5.74) is 1.66. The molecule has 2 aliphatic rings. The van der Waals surface area contributed by atoms with Gasteiger partial charge in [0.1, 0.15) is 17.6 Å². The Morgan fingerprint density at radius 2 is 2.17 bits per heavy atom. The normalized spacial score (nSPS) is 22.8. The predicted octanol–water partition coefficient (Wildman–Crippen LogP) is 3.53. The molecule has 1 aromatic carbocycles. The molecule has 2 atom stereocenters. The highest BCUT2D eigenvalue weighted by Crippen LogP contribution is 2.42. The maximum absolute atomic E-state index is 12.9. The maximum Gasteiger partial charge on any atom is 0.295 e. The van der Waals surface area contributed by atoms with Gasteiger partial charge in [-0.15, -0.1) is 11.3 Å². The smallest absolute Gasteiger partial charge is 0.295 e. The van der Waals surface area contributed by atoms with Crippen LogP contribution in [0, 0.1) is 0 Å². The predicted molar refractivity (Wildman–Crippen MR) is 110 cm³/mol. The molecule has 152 valence electrons. The number of hydrogen-bond donors (Lipinski definition) is 1. The van der Waals surface area contributed by atoms with Crippen molar-refractivity contribution < 1.29 is 24.2 Å². The molecule has 0 saturated carbocycles. The molecule has 2 aliphatic heterocycles. The van der Waals surface area contributed by atoms with E-state index in [0.29, 0.717) is 25.1 Å². The third kappa shape index (κ3) is 3.56. The van der Waals surface area contributed by atoms with Gasteiger partial charge in [0, 0.05) is 37.1 Å². The standard InChI is InChI=1S/C22H23NO5S/c1-13-11-15-12-14(6-7-16(15)28-13)20(24)18-19(17-5-3-10-29-17)23(8-4-9-27-2)22(26)21(18)25/h3,5-7,10,12-13,19,24H,4,8-9,11H2,1-2H3/t13-,19-/m0/s1. The Balaban J connectivity index is 1.76. The van der Waals surface area contributed by atoms with E-state index in [1.54, 1.807) is 13.2 Å². The van der Waals surface area contributed by atoms with Crippen molar-refractivity contribution in [3.05, 3.63) is 57.3 Å². The van der Waals surface area contributed by atoms with Gasteiger partial charge in [-0.3, -0.25) is 9.59 Å². The van der Waals surface area contributed by atoms with Crippen molar-refractivity contribution in [3.8, 4) is 5.75 Å². The van der Waals surface area contributed by atoms with E-state index in [2.05, 4.69) is 0 Å². The lowest BCUT2D eigenvalue weighted by Gasteiger charge is -2.24. The number of benzene rings is 1. The Morgan fingerprint density at radius 1 is 1.34 bits per heavy atom. The van der Waals surface area contributed by atoms with Crippen LogP contribution in [-0.2, 0) is 20.7 Å². The number of nitrogens with zero attached hydrogens (tertiary/aromatic N) is 1. The third-order valence-corrected chi connectivity index (χ3v) is 6.19. The van der Waals surface area contributed by atoms with Gasteiger partial charge < -0.3 is 19.5 Å². The average Bonchev–Trinajstić information content (AvgIpc) is 3.41. The van der Waals surface area contributed by atoms with Crippen LogP contribution in [-0.4, -0.2) is 48.1 Å². The molecular formula is C22H23NO5S. The van der Waals surface area contributed by atoms with Crippen molar-refractivity contribution in [1.82, 2.24) is 4.90 Å². The van der Waals surface area contributed by atoms with Gasteiger partial charge in [-0.05, 0) is 48.6 Å². The zero-order valence-corrected chi connectivity index (χ0v) is 17.2. The minimum absolute atomic E-state index is 0.0832. The van der Waals surface area contributed by atoms with Crippen LogP contribution in [0.3, 0.4) is 0 Å². The molecule has 1 fully saturated rings. The average molecular weight is 413 g/mol. The van der Waals surface area contributed by atoms with E-state index in [1.807, 2.05) is 36.6 Å². The molecular weight excluding hydrogens is 390 g/mol. The Hall–Kier alpha value is -2.64. The first-order valence-corrected chi connectivity index (χ1v) is 10.5. The van der Waals surface area contributed by atoms with Gasteiger partial charge >= 0.3 is 0 Å². The molecule has 1 N–H and O–H groups in total. The first kappa shape index (κ1) is 19.7. The summed E-state index contributed by atoms with van der Waals surface area (Å²) in [7, 11) is 1.60. The molecule has 7 heteroatoms. The fraction of sp³-hybridized carbons (Fsp3) is 0.364. The number of carbonyl (C=O) groups is 2. The molecule has 1 saturated heterocycles. The third-order valence-electron chi connectivity index (χ3n) is 5.27. The summed E-state index contributed by atoms with van der Waals surface area (Å²) >= 11 is 1.46. The molecule has 4 rings (SSSR count). The zero-order valence-electron chi connectivity index (χ0n) is 16.4. The number of Topliss-reactive ketones (excluding diaryl/α,β-unsaturated/α-hetero) is 1. The second-order valence-electron chi connectivity index (χ2n) is 7.31. The zero-order chi connectivity index (χ0) is 20.5. The van der Waals surface area contributed by atoms with Crippen LogP contribution >= 0.6 is 11.3 Å². The molecule has 1 amide bonds. The van der Waals surface area contributed by atoms with E-state index in [1.165, 1.54) is 16.2 Å². The van der Waals surface area contributed by atoms with Crippen LogP contribution in [0.4, 0.5) is 0 Å². The number of hydrogen-bond acceptors (Lipinski definition) is 6. The summed E-state index contributed by atoms with van der Waals surface area (Å²) < 4.78 is 10.8. The summed E-state index contributed by atoms with van der Waals surface area (Å²) in [6.45, 7) is 2.86. The van der Waals surface area contributed by atoms with Gasteiger partial charge in [-0.25, -0.2) is 0 Å². The van der Waals surface area contributed by atoms with E-state index < -0.39 is 17.7 Å². The quantitative estimate of drug-likeness (QED) is 0.339. The molecule has 2 aromatic rings. The molecule has 3 heterocycles. The van der Waals surface area contributed by atoms with Gasteiger partial charge in [-0.2, -0.15) is 0 Å². The minimum Gasteiger partial charge on any atom is -0.507 e. The fourth-order valence-corrected chi connectivity index (χ4v) is 4.80. The van der Waals surface area contributed by atoms with Gasteiger partial charge in [-0.1, -0.05) is 6.07 Å². The van der Waals surface area contributed by atoms with Crippen molar-refractivity contribution in [1.29, 1.82) is 0 Å². The molecule has 1 aromatic heterocycles. The second-order valence-corrected chi connectivity index (χ2v) is 8.29. The largest absolute Gasteiger partial charge is 0.507 e. The molecule has 0 bridgehead atoms. The number of aliphatic hydroxyl groups is 1.